The third-order valence-electron chi connectivity index (χ3n) is 5.48. The van der Waals surface area contributed by atoms with Gasteiger partial charge in [-0.15, -0.1) is 0 Å². The van der Waals surface area contributed by atoms with Gasteiger partial charge in [-0.05, 0) is 26.6 Å². The maximum Gasteiger partial charge on any atom is 0.242 e. The molecule has 0 bridgehead atoms. The van der Waals surface area contributed by atoms with Crippen LogP contribution in [0.4, 0.5) is 0 Å². The number of carbonyl (C=O) groups excluding carboxylic acids is 2. The Morgan fingerprint density at radius 1 is 1.21 bits per heavy atom. The first-order valence-electron chi connectivity index (χ1n) is 9.99. The molecule has 2 aliphatic heterocycles. The summed E-state index contributed by atoms with van der Waals surface area (Å²) >= 11 is 0. The summed E-state index contributed by atoms with van der Waals surface area (Å²) in [4.78, 5) is 30.7. The number of rotatable bonds is 5. The maximum absolute atomic E-state index is 12.8. The van der Waals surface area contributed by atoms with Crippen molar-refractivity contribution in [1.29, 1.82) is 0 Å². The molecule has 1 aromatic heterocycles. The van der Waals surface area contributed by atoms with Gasteiger partial charge in [0.25, 0.3) is 0 Å². The summed E-state index contributed by atoms with van der Waals surface area (Å²) < 4.78 is 7.91. The van der Waals surface area contributed by atoms with Crippen molar-refractivity contribution in [1.82, 2.24) is 29.8 Å². The van der Waals surface area contributed by atoms with Gasteiger partial charge in [-0.3, -0.25) is 19.2 Å². The summed E-state index contributed by atoms with van der Waals surface area (Å²) in [6, 6.07) is -0.204. The number of likely N-dealkylation sites (N-methyl/N-ethyl adjacent to an activating group) is 1. The molecule has 156 valence electrons. The highest BCUT2D eigenvalue weighted by atomic mass is 16.5. The smallest absolute Gasteiger partial charge is 0.242 e. The van der Waals surface area contributed by atoms with Crippen molar-refractivity contribution < 1.29 is 14.3 Å². The van der Waals surface area contributed by atoms with E-state index >= 15 is 0 Å². The zero-order valence-electron chi connectivity index (χ0n) is 17.1. The number of aromatic nitrogens is 2. The molecular formula is C19H32N6O3. The Balaban J connectivity index is 1.76. The van der Waals surface area contributed by atoms with E-state index in [-0.39, 0.29) is 30.5 Å². The molecule has 3 rings (SSSR count). The van der Waals surface area contributed by atoms with Crippen LogP contribution in [-0.2, 0) is 21.4 Å². The van der Waals surface area contributed by atoms with E-state index < -0.39 is 0 Å². The van der Waals surface area contributed by atoms with E-state index in [1.807, 2.05) is 18.1 Å². The third kappa shape index (κ3) is 5.30. The van der Waals surface area contributed by atoms with Crippen LogP contribution in [0.3, 0.4) is 0 Å². The highest BCUT2D eigenvalue weighted by molar-refractivity contribution is 5.84. The van der Waals surface area contributed by atoms with Crippen LogP contribution in [0, 0.1) is 0 Å². The van der Waals surface area contributed by atoms with Gasteiger partial charge in [-0.2, -0.15) is 5.10 Å². The van der Waals surface area contributed by atoms with Crippen molar-refractivity contribution in [3.8, 4) is 0 Å². The number of nitrogens with zero attached hydrogens (tertiary/aromatic N) is 5. The average molecular weight is 393 g/mol. The van der Waals surface area contributed by atoms with Gasteiger partial charge in [0, 0.05) is 51.9 Å². The normalized spacial score (nSPS) is 24.8. The Morgan fingerprint density at radius 3 is 2.75 bits per heavy atom. The summed E-state index contributed by atoms with van der Waals surface area (Å²) in [5.74, 6) is -0.294. The van der Waals surface area contributed by atoms with Gasteiger partial charge in [0.05, 0.1) is 31.5 Å². The highest BCUT2D eigenvalue weighted by Crippen LogP contribution is 2.30. The van der Waals surface area contributed by atoms with E-state index in [2.05, 4.69) is 27.3 Å². The summed E-state index contributed by atoms with van der Waals surface area (Å²) in [6.45, 7) is 7.39. The molecule has 2 fully saturated rings. The predicted molar refractivity (Wildman–Crippen MR) is 105 cm³/mol. The first-order chi connectivity index (χ1) is 13.4. The second kappa shape index (κ2) is 9.49. The molecule has 2 atom stereocenters. The molecule has 1 aromatic rings. The Labute approximate surface area is 166 Å². The van der Waals surface area contributed by atoms with Gasteiger partial charge >= 0.3 is 0 Å². The quantitative estimate of drug-likeness (QED) is 0.725. The first-order valence-corrected chi connectivity index (χ1v) is 9.99. The average Bonchev–Trinajstić information content (AvgIpc) is 2.98. The van der Waals surface area contributed by atoms with Crippen LogP contribution in [0.1, 0.15) is 24.9 Å². The number of hydrogen-bond donors (Lipinski definition) is 1. The van der Waals surface area contributed by atoms with Crippen LogP contribution in [0.15, 0.2) is 12.4 Å². The molecule has 28 heavy (non-hydrogen) atoms. The van der Waals surface area contributed by atoms with Gasteiger partial charge in [-0.1, -0.05) is 0 Å². The standard InChI is InChI=1S/C19H32N6O3/c1-15(26)20-12-18(27)25-9-10-28-17(19(25)16-11-21-23(3)13-16)14-24-6-4-5-22(2)7-8-24/h11,13,17,19H,4-10,12,14H2,1-3H3,(H,20,26)/t17-,19-/m0/s1. The van der Waals surface area contributed by atoms with Crippen molar-refractivity contribution >= 4 is 11.8 Å². The zero-order valence-corrected chi connectivity index (χ0v) is 17.1. The van der Waals surface area contributed by atoms with Crippen LogP contribution in [-0.4, -0.2) is 102 Å². The fourth-order valence-electron chi connectivity index (χ4n) is 3.99. The third-order valence-corrected chi connectivity index (χ3v) is 5.48. The number of nitrogens with one attached hydrogen (secondary N) is 1. The van der Waals surface area contributed by atoms with E-state index in [0.29, 0.717) is 13.2 Å². The van der Waals surface area contributed by atoms with Crippen molar-refractivity contribution in [2.45, 2.75) is 25.5 Å². The molecule has 2 amide bonds. The highest BCUT2D eigenvalue weighted by Gasteiger charge is 2.38. The number of hydrogen-bond acceptors (Lipinski definition) is 6. The van der Waals surface area contributed by atoms with E-state index in [0.717, 1.165) is 44.7 Å². The molecule has 1 N–H and O–H groups in total. The summed E-state index contributed by atoms with van der Waals surface area (Å²) in [7, 11) is 4.03. The largest absolute Gasteiger partial charge is 0.373 e. The molecule has 9 heteroatoms. The maximum atomic E-state index is 12.8. The number of amides is 2. The number of morpholine rings is 1. The summed E-state index contributed by atoms with van der Waals surface area (Å²) in [5.41, 5.74) is 0.968. The fraction of sp³-hybridized carbons (Fsp3) is 0.737. The second-order valence-electron chi connectivity index (χ2n) is 7.76. The Kier molecular flexibility index (Phi) is 7.03. The fourth-order valence-corrected chi connectivity index (χ4v) is 3.99. The lowest BCUT2D eigenvalue weighted by Gasteiger charge is -2.42. The van der Waals surface area contributed by atoms with Crippen LogP contribution in [0.25, 0.3) is 0 Å². The molecule has 0 aliphatic carbocycles. The Bertz CT molecular complexity index is 678. The van der Waals surface area contributed by atoms with Crippen LogP contribution in [0.2, 0.25) is 0 Å². The van der Waals surface area contributed by atoms with Crippen LogP contribution >= 0.6 is 0 Å². The van der Waals surface area contributed by atoms with Crippen LogP contribution in [0.5, 0.6) is 0 Å². The number of ether oxygens (including phenoxy) is 1. The lowest BCUT2D eigenvalue weighted by Crippen LogP contribution is -2.53. The molecule has 0 spiro atoms. The van der Waals surface area contributed by atoms with Gasteiger partial charge in [-0.25, -0.2) is 0 Å². The van der Waals surface area contributed by atoms with Crippen LogP contribution < -0.4 is 5.32 Å². The Morgan fingerprint density at radius 2 is 2.04 bits per heavy atom. The van der Waals surface area contributed by atoms with E-state index in [1.54, 1.807) is 10.9 Å². The molecule has 0 aromatic carbocycles. The number of carbonyl (C=O) groups is 2. The predicted octanol–water partition coefficient (Wildman–Crippen LogP) is -0.538. The van der Waals surface area contributed by atoms with Gasteiger partial charge in [0.15, 0.2) is 0 Å². The SMILES string of the molecule is CC(=O)NCC(=O)N1CCO[C@@H](CN2CCCN(C)CC2)[C@@H]1c1cnn(C)c1. The zero-order chi connectivity index (χ0) is 20.1. The Hall–Kier alpha value is -1.97. The van der Waals surface area contributed by atoms with E-state index in [4.69, 9.17) is 4.74 Å². The monoisotopic (exact) mass is 392 g/mol. The molecular weight excluding hydrogens is 360 g/mol. The molecule has 9 nitrogen and oxygen atoms in total. The summed E-state index contributed by atoms with van der Waals surface area (Å²) in [5, 5.41) is 6.92. The molecule has 0 saturated carbocycles. The minimum atomic E-state index is -0.204. The van der Waals surface area contributed by atoms with Crippen molar-refractivity contribution in [3.63, 3.8) is 0 Å². The molecule has 3 heterocycles. The minimum Gasteiger partial charge on any atom is -0.373 e. The first kappa shape index (κ1) is 20.8. The summed E-state index contributed by atoms with van der Waals surface area (Å²) in [6.07, 6.45) is 4.76. The van der Waals surface area contributed by atoms with Crippen molar-refractivity contribution in [3.05, 3.63) is 18.0 Å². The second-order valence-corrected chi connectivity index (χ2v) is 7.76. The lowest BCUT2D eigenvalue weighted by molar-refractivity contribution is -0.148. The minimum absolute atomic E-state index is 0.00727. The van der Waals surface area contributed by atoms with Gasteiger partial charge in [0.2, 0.25) is 11.8 Å². The van der Waals surface area contributed by atoms with E-state index in [1.165, 1.54) is 6.92 Å². The van der Waals surface area contributed by atoms with Gasteiger partial charge < -0.3 is 19.9 Å². The van der Waals surface area contributed by atoms with Crippen molar-refractivity contribution in [2.75, 3.05) is 59.5 Å². The van der Waals surface area contributed by atoms with Gasteiger partial charge in [0.1, 0.15) is 0 Å². The molecule has 0 radical (unpaired) electrons. The molecule has 0 unspecified atom stereocenters. The van der Waals surface area contributed by atoms with Crippen molar-refractivity contribution in [2.24, 2.45) is 7.05 Å². The molecule has 2 saturated heterocycles. The number of aryl methyl sites for hydroxylation is 1. The topological polar surface area (TPSA) is 82.9 Å². The lowest BCUT2D eigenvalue weighted by atomic mass is 10.00. The molecule has 2 aliphatic rings. The van der Waals surface area contributed by atoms with E-state index in [9.17, 15) is 9.59 Å².